The summed E-state index contributed by atoms with van der Waals surface area (Å²) in [5.74, 6) is 0.978. The number of ether oxygens (including phenoxy) is 1. The van der Waals surface area contributed by atoms with Crippen molar-refractivity contribution in [3.8, 4) is 17.0 Å². The summed E-state index contributed by atoms with van der Waals surface area (Å²) in [6.07, 6.45) is 1.68. The summed E-state index contributed by atoms with van der Waals surface area (Å²) in [5, 5.41) is 7.57. The molecule has 0 aliphatic heterocycles. The molecule has 3 rings (SSSR count). The first-order valence-corrected chi connectivity index (χ1v) is 5.39. The third kappa shape index (κ3) is 1.64. The van der Waals surface area contributed by atoms with Crippen LogP contribution in [-0.4, -0.2) is 27.3 Å². The minimum atomic E-state index is 0.213. The van der Waals surface area contributed by atoms with Gasteiger partial charge in [-0.2, -0.15) is 10.1 Å². The van der Waals surface area contributed by atoms with E-state index in [0.29, 0.717) is 5.65 Å². The highest BCUT2D eigenvalue weighted by Crippen LogP contribution is 2.27. The summed E-state index contributed by atoms with van der Waals surface area (Å²) < 4.78 is 5.20. The van der Waals surface area contributed by atoms with Crippen LogP contribution in [0.15, 0.2) is 30.5 Å². The Kier molecular flexibility index (Phi) is 2.33. The van der Waals surface area contributed by atoms with Gasteiger partial charge in [-0.15, -0.1) is 0 Å². The number of rotatable bonds is 2. The number of nitrogen functional groups attached to an aromatic ring is 1. The Morgan fingerprint density at radius 2 is 2.17 bits per heavy atom. The fourth-order valence-electron chi connectivity index (χ4n) is 1.84. The zero-order valence-corrected chi connectivity index (χ0v) is 9.71. The maximum absolute atomic E-state index is 5.69. The van der Waals surface area contributed by atoms with E-state index in [-0.39, 0.29) is 5.95 Å². The van der Waals surface area contributed by atoms with E-state index in [4.69, 9.17) is 10.5 Å². The maximum atomic E-state index is 5.69. The van der Waals surface area contributed by atoms with Crippen LogP contribution in [0, 0.1) is 0 Å². The number of fused-ring (bicyclic) bond motifs is 1. The van der Waals surface area contributed by atoms with Crippen molar-refractivity contribution in [3.63, 3.8) is 0 Å². The molecule has 0 spiro atoms. The zero-order chi connectivity index (χ0) is 12.5. The second-order valence-electron chi connectivity index (χ2n) is 3.79. The van der Waals surface area contributed by atoms with Crippen LogP contribution in [0.25, 0.3) is 22.3 Å². The number of H-pyrrole nitrogens is 1. The number of nitrogens with zero attached hydrogens (tertiary/aromatic N) is 3. The number of aromatic amines is 1. The number of anilines is 1. The molecule has 0 fully saturated rings. The summed E-state index contributed by atoms with van der Waals surface area (Å²) >= 11 is 0. The fraction of sp³-hybridized carbons (Fsp3) is 0.0833. The van der Waals surface area contributed by atoms with Gasteiger partial charge in [-0.1, -0.05) is 12.1 Å². The average molecular weight is 241 g/mol. The molecule has 0 amide bonds. The van der Waals surface area contributed by atoms with Gasteiger partial charge in [0.05, 0.1) is 24.4 Å². The molecule has 0 saturated carbocycles. The molecule has 6 heteroatoms. The molecule has 2 heterocycles. The normalized spacial score (nSPS) is 10.7. The van der Waals surface area contributed by atoms with Crippen LogP contribution in [0.5, 0.6) is 5.75 Å². The van der Waals surface area contributed by atoms with E-state index in [0.717, 1.165) is 22.4 Å². The van der Waals surface area contributed by atoms with Gasteiger partial charge >= 0.3 is 0 Å². The minimum absolute atomic E-state index is 0.213. The van der Waals surface area contributed by atoms with E-state index in [1.54, 1.807) is 13.3 Å². The Labute approximate surface area is 103 Å². The summed E-state index contributed by atoms with van der Waals surface area (Å²) in [7, 11) is 1.63. The van der Waals surface area contributed by atoms with E-state index >= 15 is 0 Å². The molecule has 90 valence electrons. The van der Waals surface area contributed by atoms with Crippen molar-refractivity contribution in [1.29, 1.82) is 0 Å². The lowest BCUT2D eigenvalue weighted by Crippen LogP contribution is -1.97. The summed E-state index contributed by atoms with van der Waals surface area (Å²) in [6.45, 7) is 0. The molecule has 0 aliphatic rings. The first-order valence-electron chi connectivity index (χ1n) is 5.39. The Balaban J connectivity index is 2.26. The quantitative estimate of drug-likeness (QED) is 0.711. The highest BCUT2D eigenvalue weighted by atomic mass is 16.5. The molecule has 0 unspecified atom stereocenters. The molecule has 18 heavy (non-hydrogen) atoms. The molecule has 6 nitrogen and oxygen atoms in total. The molecule has 3 N–H and O–H groups in total. The summed E-state index contributed by atoms with van der Waals surface area (Å²) in [6, 6.07) is 7.62. The standard InChI is InChI=1S/C12H11N5O/c1-18-8-4-2-3-7(5-8)10-9-6-14-17-11(9)16-12(13)15-10/h2-6H,1H3,(H3,13,14,15,16,17). The van der Waals surface area contributed by atoms with E-state index in [9.17, 15) is 0 Å². The Morgan fingerprint density at radius 3 is 3.00 bits per heavy atom. The number of nitrogens with one attached hydrogen (secondary N) is 1. The van der Waals surface area contributed by atoms with Gasteiger partial charge in [-0.3, -0.25) is 5.10 Å². The first-order chi connectivity index (χ1) is 8.78. The van der Waals surface area contributed by atoms with Crippen molar-refractivity contribution in [1.82, 2.24) is 20.2 Å². The van der Waals surface area contributed by atoms with Crippen LogP contribution < -0.4 is 10.5 Å². The number of hydrogen-bond donors (Lipinski definition) is 2. The Hall–Kier alpha value is -2.63. The molecule has 0 radical (unpaired) electrons. The van der Waals surface area contributed by atoms with Crippen LogP contribution in [0.4, 0.5) is 5.95 Å². The molecular formula is C12H11N5O. The second-order valence-corrected chi connectivity index (χ2v) is 3.79. The fourth-order valence-corrected chi connectivity index (χ4v) is 1.84. The third-order valence-corrected chi connectivity index (χ3v) is 2.67. The minimum Gasteiger partial charge on any atom is -0.497 e. The lowest BCUT2D eigenvalue weighted by Gasteiger charge is -2.05. The van der Waals surface area contributed by atoms with Crippen LogP contribution in [0.3, 0.4) is 0 Å². The van der Waals surface area contributed by atoms with E-state index in [1.165, 1.54) is 0 Å². The molecule has 0 bridgehead atoms. The molecule has 0 aliphatic carbocycles. The van der Waals surface area contributed by atoms with Crippen molar-refractivity contribution >= 4 is 17.0 Å². The Bertz CT molecular complexity index is 707. The monoisotopic (exact) mass is 241 g/mol. The van der Waals surface area contributed by atoms with E-state index in [1.807, 2.05) is 24.3 Å². The molecule has 1 aromatic carbocycles. The summed E-state index contributed by atoms with van der Waals surface area (Å²) in [4.78, 5) is 8.35. The first kappa shape index (κ1) is 10.5. The van der Waals surface area contributed by atoms with Crippen LogP contribution in [-0.2, 0) is 0 Å². The molecule has 2 aromatic heterocycles. The van der Waals surface area contributed by atoms with Crippen molar-refractivity contribution in [3.05, 3.63) is 30.5 Å². The highest BCUT2D eigenvalue weighted by molar-refractivity contribution is 5.90. The van der Waals surface area contributed by atoms with Crippen molar-refractivity contribution < 1.29 is 4.74 Å². The van der Waals surface area contributed by atoms with Gasteiger partial charge in [-0.05, 0) is 12.1 Å². The molecule has 0 atom stereocenters. The van der Waals surface area contributed by atoms with Gasteiger partial charge in [0.25, 0.3) is 0 Å². The molecule has 0 saturated heterocycles. The number of methoxy groups -OCH3 is 1. The van der Waals surface area contributed by atoms with Crippen LogP contribution in [0.1, 0.15) is 0 Å². The Morgan fingerprint density at radius 1 is 1.28 bits per heavy atom. The maximum Gasteiger partial charge on any atom is 0.222 e. The molecule has 3 aromatic rings. The lowest BCUT2D eigenvalue weighted by atomic mass is 10.1. The SMILES string of the molecule is COc1cccc(-c2nc(N)nc3[nH]ncc23)c1. The van der Waals surface area contributed by atoms with Gasteiger partial charge < -0.3 is 10.5 Å². The van der Waals surface area contributed by atoms with Gasteiger partial charge in [-0.25, -0.2) is 4.98 Å². The topological polar surface area (TPSA) is 89.7 Å². The number of nitrogens with two attached hydrogens (primary N) is 1. The van der Waals surface area contributed by atoms with Gasteiger partial charge in [0.15, 0.2) is 5.65 Å². The van der Waals surface area contributed by atoms with Crippen molar-refractivity contribution in [2.45, 2.75) is 0 Å². The van der Waals surface area contributed by atoms with E-state index < -0.39 is 0 Å². The smallest absolute Gasteiger partial charge is 0.222 e. The molecular weight excluding hydrogens is 230 g/mol. The van der Waals surface area contributed by atoms with Gasteiger partial charge in [0.2, 0.25) is 5.95 Å². The highest BCUT2D eigenvalue weighted by Gasteiger charge is 2.10. The predicted molar refractivity (Wildman–Crippen MR) is 68.1 cm³/mol. The number of benzene rings is 1. The second kappa shape index (κ2) is 3.99. The van der Waals surface area contributed by atoms with Crippen LogP contribution in [0.2, 0.25) is 0 Å². The third-order valence-electron chi connectivity index (χ3n) is 2.67. The van der Waals surface area contributed by atoms with Gasteiger partial charge in [0.1, 0.15) is 5.75 Å². The van der Waals surface area contributed by atoms with Crippen molar-refractivity contribution in [2.75, 3.05) is 12.8 Å². The largest absolute Gasteiger partial charge is 0.497 e. The van der Waals surface area contributed by atoms with E-state index in [2.05, 4.69) is 20.2 Å². The van der Waals surface area contributed by atoms with Crippen molar-refractivity contribution in [2.24, 2.45) is 0 Å². The number of hydrogen-bond acceptors (Lipinski definition) is 5. The van der Waals surface area contributed by atoms with Gasteiger partial charge in [0, 0.05) is 5.56 Å². The zero-order valence-electron chi connectivity index (χ0n) is 9.71. The van der Waals surface area contributed by atoms with Crippen LogP contribution >= 0.6 is 0 Å². The lowest BCUT2D eigenvalue weighted by molar-refractivity contribution is 0.415. The number of aromatic nitrogens is 4. The average Bonchev–Trinajstić information content (AvgIpc) is 2.85. The predicted octanol–water partition coefficient (Wildman–Crippen LogP) is 1.61. The summed E-state index contributed by atoms with van der Waals surface area (Å²) in [5.41, 5.74) is 7.97.